The fraction of sp³-hybridized carbons (Fsp3) is 0.235. The summed E-state index contributed by atoms with van der Waals surface area (Å²) < 4.78 is 11.6. The van der Waals surface area contributed by atoms with Gasteiger partial charge in [-0.1, -0.05) is 47.1 Å². The van der Waals surface area contributed by atoms with Crippen LogP contribution < -0.4 is 14.8 Å². The van der Waals surface area contributed by atoms with Crippen LogP contribution in [0, 0.1) is 0 Å². The first-order chi connectivity index (χ1) is 11.3. The number of nitrogens with zero attached hydrogens (tertiary/aromatic N) is 1. The minimum atomic E-state index is 0.121. The number of oxime groups is 1. The van der Waals surface area contributed by atoms with Crippen LogP contribution in [-0.4, -0.2) is 36.7 Å². The van der Waals surface area contributed by atoms with Gasteiger partial charge in [-0.3, -0.25) is 0 Å². The minimum absolute atomic E-state index is 0.121. The van der Waals surface area contributed by atoms with Crippen LogP contribution in [0.25, 0.3) is 0 Å². The molecular weight excluding hydrogens is 316 g/mol. The second-order valence-corrected chi connectivity index (χ2v) is 5.63. The lowest BCUT2D eigenvalue weighted by Crippen LogP contribution is -2.50. The molecule has 120 valence electrons. The van der Waals surface area contributed by atoms with Crippen molar-refractivity contribution >= 4 is 17.3 Å². The normalized spacial score (nSPS) is 15.1. The first-order valence-corrected chi connectivity index (χ1v) is 7.70. The highest BCUT2D eigenvalue weighted by atomic mass is 35.5. The van der Waals surface area contributed by atoms with Gasteiger partial charge < -0.3 is 20.0 Å². The van der Waals surface area contributed by atoms with E-state index in [2.05, 4.69) is 10.5 Å². The van der Waals surface area contributed by atoms with E-state index in [1.165, 1.54) is 0 Å². The van der Waals surface area contributed by atoms with Crippen molar-refractivity contribution in [3.8, 4) is 11.5 Å². The molecule has 2 aromatic rings. The molecule has 0 unspecified atom stereocenters. The smallest absolute Gasteiger partial charge is 0.163 e. The zero-order chi connectivity index (χ0) is 16.1. The van der Waals surface area contributed by atoms with Gasteiger partial charge in [0.1, 0.15) is 18.4 Å². The van der Waals surface area contributed by atoms with E-state index in [0.29, 0.717) is 22.2 Å². The summed E-state index contributed by atoms with van der Waals surface area (Å²) in [6, 6.07) is 14.6. The molecule has 2 N–H and O–H groups in total. The fourth-order valence-electron chi connectivity index (χ4n) is 2.16. The summed E-state index contributed by atoms with van der Waals surface area (Å²) in [6.45, 7) is 1.74. The van der Waals surface area contributed by atoms with Crippen LogP contribution in [0.4, 0.5) is 0 Å². The van der Waals surface area contributed by atoms with Gasteiger partial charge in [0.15, 0.2) is 11.5 Å². The molecule has 0 atom stereocenters. The van der Waals surface area contributed by atoms with Crippen molar-refractivity contribution in [1.82, 2.24) is 5.32 Å². The SMILES string of the molecule is ON=C(COc1ccc(Cl)cc1OC1CNC1)c1ccccc1. The lowest BCUT2D eigenvalue weighted by molar-refractivity contribution is 0.136. The summed E-state index contributed by atoms with van der Waals surface area (Å²) in [5, 5.41) is 16.3. The highest BCUT2D eigenvalue weighted by molar-refractivity contribution is 6.30. The van der Waals surface area contributed by atoms with Gasteiger partial charge in [-0.15, -0.1) is 0 Å². The number of ether oxygens (including phenoxy) is 2. The van der Waals surface area contributed by atoms with Gasteiger partial charge in [-0.05, 0) is 12.1 Å². The molecular formula is C17H17ClN2O3. The van der Waals surface area contributed by atoms with E-state index >= 15 is 0 Å². The van der Waals surface area contributed by atoms with Gasteiger partial charge in [0.2, 0.25) is 0 Å². The zero-order valence-electron chi connectivity index (χ0n) is 12.4. The van der Waals surface area contributed by atoms with Crippen LogP contribution in [0.2, 0.25) is 5.02 Å². The van der Waals surface area contributed by atoms with Crippen molar-refractivity contribution < 1.29 is 14.7 Å². The Bertz CT molecular complexity index is 687. The summed E-state index contributed by atoms with van der Waals surface area (Å²) in [5.41, 5.74) is 1.24. The third kappa shape index (κ3) is 3.94. The van der Waals surface area contributed by atoms with Crippen molar-refractivity contribution in [1.29, 1.82) is 0 Å². The Labute approximate surface area is 139 Å². The Kier molecular flexibility index (Phi) is 5.00. The molecule has 1 saturated heterocycles. The van der Waals surface area contributed by atoms with Crippen LogP contribution in [0.1, 0.15) is 5.56 Å². The van der Waals surface area contributed by atoms with Crippen LogP contribution in [0.3, 0.4) is 0 Å². The van der Waals surface area contributed by atoms with E-state index in [9.17, 15) is 5.21 Å². The topological polar surface area (TPSA) is 63.1 Å². The maximum absolute atomic E-state index is 9.21. The monoisotopic (exact) mass is 332 g/mol. The highest BCUT2D eigenvalue weighted by Crippen LogP contribution is 2.31. The Hall–Kier alpha value is -2.24. The average Bonchev–Trinajstić information content (AvgIpc) is 2.54. The molecule has 0 spiro atoms. The van der Waals surface area contributed by atoms with E-state index in [0.717, 1.165) is 18.7 Å². The summed E-state index contributed by atoms with van der Waals surface area (Å²) >= 11 is 6.03. The molecule has 23 heavy (non-hydrogen) atoms. The first kappa shape index (κ1) is 15.6. The molecule has 1 heterocycles. The minimum Gasteiger partial charge on any atom is -0.484 e. The average molecular weight is 333 g/mol. The second kappa shape index (κ2) is 7.35. The predicted octanol–water partition coefficient (Wildman–Crippen LogP) is 2.95. The molecule has 2 aromatic carbocycles. The summed E-state index contributed by atoms with van der Waals surface area (Å²) in [4.78, 5) is 0. The molecule has 0 saturated carbocycles. The van der Waals surface area contributed by atoms with E-state index in [1.54, 1.807) is 18.2 Å². The third-order valence-corrected chi connectivity index (χ3v) is 3.77. The van der Waals surface area contributed by atoms with Crippen LogP contribution in [-0.2, 0) is 0 Å². The van der Waals surface area contributed by atoms with E-state index in [4.69, 9.17) is 21.1 Å². The zero-order valence-corrected chi connectivity index (χ0v) is 13.2. The lowest BCUT2D eigenvalue weighted by atomic mass is 10.1. The Morgan fingerprint density at radius 3 is 2.61 bits per heavy atom. The number of benzene rings is 2. The maximum atomic E-state index is 9.21. The third-order valence-electron chi connectivity index (χ3n) is 3.54. The second-order valence-electron chi connectivity index (χ2n) is 5.19. The molecule has 5 nitrogen and oxygen atoms in total. The van der Waals surface area contributed by atoms with E-state index < -0.39 is 0 Å². The highest BCUT2D eigenvalue weighted by Gasteiger charge is 2.20. The number of hydrogen-bond acceptors (Lipinski definition) is 5. The van der Waals surface area contributed by atoms with Crippen LogP contribution in [0.15, 0.2) is 53.7 Å². The van der Waals surface area contributed by atoms with Crippen LogP contribution in [0.5, 0.6) is 11.5 Å². The molecule has 0 aliphatic carbocycles. The molecule has 6 heteroatoms. The lowest BCUT2D eigenvalue weighted by Gasteiger charge is -2.28. The van der Waals surface area contributed by atoms with Crippen molar-refractivity contribution in [3.05, 3.63) is 59.1 Å². The van der Waals surface area contributed by atoms with E-state index in [-0.39, 0.29) is 12.7 Å². The van der Waals surface area contributed by atoms with Crippen molar-refractivity contribution in [2.75, 3.05) is 19.7 Å². The van der Waals surface area contributed by atoms with Crippen molar-refractivity contribution in [2.24, 2.45) is 5.16 Å². The van der Waals surface area contributed by atoms with Crippen LogP contribution >= 0.6 is 11.6 Å². The van der Waals surface area contributed by atoms with Gasteiger partial charge in [-0.25, -0.2) is 0 Å². The predicted molar refractivity (Wildman–Crippen MR) is 89.0 cm³/mol. The molecule has 0 amide bonds. The van der Waals surface area contributed by atoms with Gasteiger partial charge in [-0.2, -0.15) is 0 Å². The molecule has 0 aromatic heterocycles. The quantitative estimate of drug-likeness (QED) is 0.485. The summed E-state index contributed by atoms with van der Waals surface area (Å²) in [6.07, 6.45) is 0.121. The number of rotatable bonds is 6. The standard InChI is InChI=1S/C17H17ClN2O3/c18-13-6-7-16(17(8-13)23-14-9-19-10-14)22-11-15(20-21)12-4-2-1-3-5-12/h1-8,14,19,21H,9-11H2. The number of halogens is 1. The van der Waals surface area contributed by atoms with Crippen molar-refractivity contribution in [3.63, 3.8) is 0 Å². The summed E-state index contributed by atoms with van der Waals surface area (Å²) in [7, 11) is 0. The molecule has 1 aliphatic rings. The fourth-order valence-corrected chi connectivity index (χ4v) is 2.33. The first-order valence-electron chi connectivity index (χ1n) is 7.32. The molecule has 1 fully saturated rings. The molecule has 0 radical (unpaired) electrons. The Morgan fingerprint density at radius 1 is 1.17 bits per heavy atom. The summed E-state index contributed by atoms with van der Waals surface area (Å²) in [5.74, 6) is 1.16. The largest absolute Gasteiger partial charge is 0.484 e. The Balaban J connectivity index is 1.71. The van der Waals surface area contributed by atoms with Gasteiger partial charge in [0.05, 0.1) is 0 Å². The van der Waals surface area contributed by atoms with Gasteiger partial charge in [0.25, 0.3) is 0 Å². The molecule has 3 rings (SSSR count). The number of hydrogen-bond donors (Lipinski definition) is 2. The number of nitrogens with one attached hydrogen (secondary N) is 1. The van der Waals surface area contributed by atoms with Crippen molar-refractivity contribution in [2.45, 2.75) is 6.10 Å². The Morgan fingerprint density at radius 2 is 1.96 bits per heavy atom. The molecule has 0 bridgehead atoms. The molecule has 1 aliphatic heterocycles. The van der Waals surface area contributed by atoms with E-state index in [1.807, 2.05) is 30.3 Å². The van der Waals surface area contributed by atoms with Gasteiger partial charge >= 0.3 is 0 Å². The van der Waals surface area contributed by atoms with Gasteiger partial charge in [0, 0.05) is 29.7 Å². The maximum Gasteiger partial charge on any atom is 0.163 e.